The van der Waals surface area contributed by atoms with E-state index in [1.54, 1.807) is 11.8 Å². The summed E-state index contributed by atoms with van der Waals surface area (Å²) < 4.78 is 18.0. The second-order valence-electron chi connectivity index (χ2n) is 5.99. The smallest absolute Gasteiger partial charge is 0.409 e. The standard InChI is InChI=1S/C17H20FN3O4/c1-2-25-17(24)20-9-7-19(8-10-20)14-11-15(22)21(16(14)23)13-5-3-12(18)4-6-13/h3-6,14H,2,7-11H2,1H3/t14-/m0/s1. The van der Waals surface area contributed by atoms with Gasteiger partial charge < -0.3 is 9.64 Å². The molecule has 8 heteroatoms. The van der Waals surface area contributed by atoms with Crippen molar-refractivity contribution >= 4 is 23.6 Å². The van der Waals surface area contributed by atoms with Crippen molar-refractivity contribution < 1.29 is 23.5 Å². The first-order valence-electron chi connectivity index (χ1n) is 8.29. The van der Waals surface area contributed by atoms with Crippen LogP contribution in [0.4, 0.5) is 14.9 Å². The van der Waals surface area contributed by atoms with Crippen molar-refractivity contribution in [3.8, 4) is 0 Å². The summed E-state index contributed by atoms with van der Waals surface area (Å²) in [5.74, 6) is -1.02. The normalized spacial score (nSPS) is 21.8. The number of nitrogens with zero attached hydrogens (tertiary/aromatic N) is 3. The van der Waals surface area contributed by atoms with Gasteiger partial charge in [-0.2, -0.15) is 0 Å². The summed E-state index contributed by atoms with van der Waals surface area (Å²) >= 11 is 0. The number of hydrogen-bond donors (Lipinski definition) is 0. The molecule has 7 nitrogen and oxygen atoms in total. The van der Waals surface area contributed by atoms with Crippen LogP contribution in [0.3, 0.4) is 0 Å². The fraction of sp³-hybridized carbons (Fsp3) is 0.471. The number of anilines is 1. The first kappa shape index (κ1) is 17.3. The molecule has 0 aliphatic carbocycles. The van der Waals surface area contributed by atoms with Crippen LogP contribution in [0.25, 0.3) is 0 Å². The van der Waals surface area contributed by atoms with Crippen LogP contribution in [0.5, 0.6) is 0 Å². The van der Waals surface area contributed by atoms with Gasteiger partial charge in [-0.25, -0.2) is 14.1 Å². The Balaban J connectivity index is 1.65. The van der Waals surface area contributed by atoms with Crippen LogP contribution in [-0.4, -0.2) is 66.5 Å². The molecule has 2 heterocycles. The van der Waals surface area contributed by atoms with Crippen LogP contribution < -0.4 is 4.90 Å². The van der Waals surface area contributed by atoms with E-state index in [4.69, 9.17) is 4.74 Å². The summed E-state index contributed by atoms with van der Waals surface area (Å²) in [6, 6.07) is 4.75. The van der Waals surface area contributed by atoms with Crippen LogP contribution in [0, 0.1) is 5.82 Å². The number of ether oxygens (including phenoxy) is 1. The van der Waals surface area contributed by atoms with Gasteiger partial charge in [0.2, 0.25) is 5.91 Å². The van der Waals surface area contributed by atoms with E-state index in [2.05, 4.69) is 0 Å². The van der Waals surface area contributed by atoms with Gasteiger partial charge in [0, 0.05) is 26.2 Å². The fourth-order valence-electron chi connectivity index (χ4n) is 3.19. The van der Waals surface area contributed by atoms with E-state index in [0.29, 0.717) is 38.5 Å². The number of imide groups is 1. The average Bonchev–Trinajstić information content (AvgIpc) is 2.91. The van der Waals surface area contributed by atoms with Gasteiger partial charge in [0.25, 0.3) is 5.91 Å². The molecule has 0 N–H and O–H groups in total. The molecule has 0 aromatic heterocycles. The molecular weight excluding hydrogens is 329 g/mol. The van der Waals surface area contributed by atoms with Gasteiger partial charge >= 0.3 is 6.09 Å². The van der Waals surface area contributed by atoms with Crippen molar-refractivity contribution in [2.75, 3.05) is 37.7 Å². The van der Waals surface area contributed by atoms with E-state index >= 15 is 0 Å². The molecule has 25 heavy (non-hydrogen) atoms. The highest BCUT2D eigenvalue weighted by Gasteiger charge is 2.43. The van der Waals surface area contributed by atoms with E-state index in [1.165, 1.54) is 24.3 Å². The number of benzene rings is 1. The van der Waals surface area contributed by atoms with E-state index < -0.39 is 11.9 Å². The summed E-state index contributed by atoms with van der Waals surface area (Å²) in [7, 11) is 0. The predicted octanol–water partition coefficient (Wildman–Crippen LogP) is 1.23. The number of halogens is 1. The zero-order chi connectivity index (χ0) is 18.0. The van der Waals surface area contributed by atoms with Crippen molar-refractivity contribution in [2.24, 2.45) is 0 Å². The molecule has 0 spiro atoms. The minimum Gasteiger partial charge on any atom is -0.450 e. The van der Waals surface area contributed by atoms with E-state index in [1.807, 2.05) is 4.90 Å². The van der Waals surface area contributed by atoms with Crippen molar-refractivity contribution in [1.29, 1.82) is 0 Å². The second-order valence-corrected chi connectivity index (χ2v) is 5.99. The number of rotatable bonds is 3. The fourth-order valence-corrected chi connectivity index (χ4v) is 3.19. The Morgan fingerprint density at radius 2 is 1.80 bits per heavy atom. The number of amides is 3. The van der Waals surface area contributed by atoms with Crippen LogP contribution >= 0.6 is 0 Å². The molecule has 3 rings (SSSR count). The third-order valence-corrected chi connectivity index (χ3v) is 4.49. The van der Waals surface area contributed by atoms with Gasteiger partial charge in [-0.1, -0.05) is 0 Å². The van der Waals surface area contributed by atoms with E-state index in [-0.39, 0.29) is 24.3 Å². The maximum atomic E-state index is 13.1. The number of piperazine rings is 1. The molecule has 0 unspecified atom stereocenters. The summed E-state index contributed by atoms with van der Waals surface area (Å²) in [6.45, 7) is 3.97. The molecular formula is C17H20FN3O4. The van der Waals surface area contributed by atoms with Gasteiger partial charge in [-0.3, -0.25) is 14.5 Å². The molecule has 1 atom stereocenters. The van der Waals surface area contributed by atoms with E-state index in [0.717, 1.165) is 4.90 Å². The first-order valence-corrected chi connectivity index (χ1v) is 8.29. The van der Waals surface area contributed by atoms with Crippen molar-refractivity contribution in [2.45, 2.75) is 19.4 Å². The quantitative estimate of drug-likeness (QED) is 0.768. The highest BCUT2D eigenvalue weighted by molar-refractivity contribution is 6.22. The molecule has 1 aromatic carbocycles. The van der Waals surface area contributed by atoms with Gasteiger partial charge in [0.15, 0.2) is 0 Å². The Morgan fingerprint density at radius 3 is 2.40 bits per heavy atom. The summed E-state index contributed by atoms with van der Waals surface area (Å²) in [5, 5.41) is 0. The molecule has 2 fully saturated rings. The average molecular weight is 349 g/mol. The topological polar surface area (TPSA) is 70.2 Å². The molecule has 2 aliphatic heterocycles. The number of hydrogen-bond acceptors (Lipinski definition) is 5. The van der Waals surface area contributed by atoms with E-state index in [9.17, 15) is 18.8 Å². The zero-order valence-electron chi connectivity index (χ0n) is 14.0. The Hall–Kier alpha value is -2.48. The summed E-state index contributed by atoms with van der Waals surface area (Å²) in [4.78, 5) is 41.3. The van der Waals surface area contributed by atoms with Crippen molar-refractivity contribution in [3.63, 3.8) is 0 Å². The van der Waals surface area contributed by atoms with Gasteiger partial charge in [-0.15, -0.1) is 0 Å². The third kappa shape index (κ3) is 3.48. The molecule has 0 bridgehead atoms. The Bertz CT molecular complexity index is 671. The zero-order valence-corrected chi connectivity index (χ0v) is 14.0. The molecule has 2 aliphatic rings. The highest BCUT2D eigenvalue weighted by atomic mass is 19.1. The highest BCUT2D eigenvalue weighted by Crippen LogP contribution is 2.26. The Morgan fingerprint density at radius 1 is 1.16 bits per heavy atom. The monoisotopic (exact) mass is 349 g/mol. The SMILES string of the molecule is CCOC(=O)N1CCN([C@H]2CC(=O)N(c3ccc(F)cc3)C2=O)CC1. The lowest BCUT2D eigenvalue weighted by Gasteiger charge is -2.36. The molecule has 134 valence electrons. The molecule has 1 aromatic rings. The lowest BCUT2D eigenvalue weighted by molar-refractivity contribution is -0.123. The number of carbonyl (C=O) groups is 3. The van der Waals surface area contributed by atoms with Crippen LogP contribution in [0.1, 0.15) is 13.3 Å². The lowest BCUT2D eigenvalue weighted by atomic mass is 10.2. The van der Waals surface area contributed by atoms with Gasteiger partial charge in [-0.05, 0) is 31.2 Å². The minimum absolute atomic E-state index is 0.0929. The van der Waals surface area contributed by atoms with Gasteiger partial charge in [0.1, 0.15) is 5.82 Å². The minimum atomic E-state index is -0.540. The summed E-state index contributed by atoms with van der Waals surface area (Å²) in [6.07, 6.45) is -0.265. The third-order valence-electron chi connectivity index (χ3n) is 4.49. The molecule has 3 amide bonds. The van der Waals surface area contributed by atoms with Crippen molar-refractivity contribution in [1.82, 2.24) is 9.80 Å². The largest absolute Gasteiger partial charge is 0.450 e. The Labute approximate surface area is 144 Å². The maximum Gasteiger partial charge on any atom is 0.409 e. The lowest BCUT2D eigenvalue weighted by Crippen LogP contribution is -2.54. The molecule has 0 radical (unpaired) electrons. The van der Waals surface area contributed by atoms with Crippen LogP contribution in [0.2, 0.25) is 0 Å². The molecule has 2 saturated heterocycles. The first-order chi connectivity index (χ1) is 12.0. The number of carbonyl (C=O) groups excluding carboxylic acids is 3. The Kier molecular flexibility index (Phi) is 4.98. The summed E-state index contributed by atoms with van der Waals surface area (Å²) in [5.41, 5.74) is 0.379. The second kappa shape index (κ2) is 7.18. The van der Waals surface area contributed by atoms with Crippen molar-refractivity contribution in [3.05, 3.63) is 30.1 Å². The molecule has 0 saturated carbocycles. The van der Waals surface area contributed by atoms with Gasteiger partial charge in [0.05, 0.1) is 24.8 Å². The van der Waals surface area contributed by atoms with Crippen LogP contribution in [0.15, 0.2) is 24.3 Å². The predicted molar refractivity (Wildman–Crippen MR) is 87.5 cm³/mol. The maximum absolute atomic E-state index is 13.1. The van der Waals surface area contributed by atoms with Crippen LogP contribution in [-0.2, 0) is 14.3 Å².